The number of hydrogen-bond acceptors (Lipinski definition) is 10. The van der Waals surface area contributed by atoms with E-state index in [9.17, 15) is 14.7 Å². The first-order valence-corrected chi connectivity index (χ1v) is 13.4. The van der Waals surface area contributed by atoms with E-state index >= 15 is 4.39 Å². The number of aryl methyl sites for hydroxylation is 1. The summed E-state index contributed by atoms with van der Waals surface area (Å²) in [7, 11) is 3.06. The molecule has 6 rings (SSSR count). The van der Waals surface area contributed by atoms with E-state index in [1.54, 1.807) is 29.3 Å². The fourth-order valence-corrected chi connectivity index (χ4v) is 5.02. The number of nitrogens with one attached hydrogen (secondary N) is 2. The monoisotopic (exact) mass is 576 g/mol. The fourth-order valence-electron chi connectivity index (χ4n) is 5.02. The zero-order chi connectivity index (χ0) is 29.4. The van der Waals surface area contributed by atoms with E-state index in [4.69, 9.17) is 9.72 Å². The van der Waals surface area contributed by atoms with Crippen molar-refractivity contribution in [3.05, 3.63) is 77.0 Å². The first-order chi connectivity index (χ1) is 20.3. The van der Waals surface area contributed by atoms with Crippen molar-refractivity contribution in [3.63, 3.8) is 0 Å². The lowest BCUT2D eigenvalue weighted by Crippen LogP contribution is -2.40. The lowest BCUT2D eigenvalue weighted by molar-refractivity contribution is -0.137. The maximum Gasteiger partial charge on any atom is 0.303 e. The summed E-state index contributed by atoms with van der Waals surface area (Å²) in [6.07, 6.45) is 9.66. The number of nitrogens with zero attached hydrogens (tertiary/aromatic N) is 8. The van der Waals surface area contributed by atoms with Crippen LogP contribution in [0, 0.1) is 5.82 Å². The molecule has 3 aromatic heterocycles. The number of likely N-dealkylation sites (N-methyl/N-ethyl adjacent to an activating group) is 1. The van der Waals surface area contributed by atoms with Crippen LogP contribution in [-0.4, -0.2) is 70.8 Å². The molecule has 1 aromatic carbocycles. The number of ether oxygens (including phenoxy) is 1. The Kier molecular flexibility index (Phi) is 7.16. The van der Waals surface area contributed by atoms with Crippen molar-refractivity contribution in [3.8, 4) is 11.4 Å². The minimum Gasteiger partial charge on any atom is -0.494 e. The summed E-state index contributed by atoms with van der Waals surface area (Å²) < 4.78 is 23.5. The molecule has 0 bridgehead atoms. The van der Waals surface area contributed by atoms with Gasteiger partial charge in [-0.2, -0.15) is 0 Å². The largest absolute Gasteiger partial charge is 0.494 e. The molecule has 0 radical (unpaired) electrons. The van der Waals surface area contributed by atoms with Crippen LogP contribution in [0.1, 0.15) is 47.6 Å². The number of aromatic nitrogens is 6. The lowest BCUT2D eigenvalue weighted by Gasteiger charge is -2.20. The number of hydrogen-bond donors (Lipinski definition) is 3. The van der Waals surface area contributed by atoms with Crippen LogP contribution in [0.15, 0.2) is 48.8 Å². The van der Waals surface area contributed by atoms with Gasteiger partial charge in [-0.3, -0.25) is 19.6 Å². The molecule has 15 heteroatoms. The first-order valence-electron chi connectivity index (χ1n) is 13.4. The number of carbonyl (C=O) groups is 2. The molecule has 0 saturated heterocycles. The molecule has 42 heavy (non-hydrogen) atoms. The molecule has 0 atom stereocenters. The van der Waals surface area contributed by atoms with Gasteiger partial charge in [0.05, 0.1) is 25.0 Å². The number of benzene rings is 1. The fraction of sp³-hybridized carbons (Fsp3) is 0.333. The molecule has 0 unspecified atom stereocenters. The highest BCUT2D eigenvalue weighted by molar-refractivity contribution is 5.92. The Balaban J connectivity index is 1.18. The molecule has 1 saturated carbocycles. The van der Waals surface area contributed by atoms with E-state index in [0.717, 1.165) is 29.7 Å². The molecule has 0 spiro atoms. The van der Waals surface area contributed by atoms with E-state index in [1.807, 2.05) is 10.6 Å². The van der Waals surface area contributed by atoms with Gasteiger partial charge in [-0.15, -0.1) is 10.6 Å². The van der Waals surface area contributed by atoms with Gasteiger partial charge in [0.2, 0.25) is 0 Å². The van der Waals surface area contributed by atoms with Gasteiger partial charge in [0.25, 0.3) is 5.91 Å². The van der Waals surface area contributed by atoms with Crippen LogP contribution in [-0.2, 0) is 29.1 Å². The topological polar surface area (TPSA) is 155 Å². The van der Waals surface area contributed by atoms with Crippen LogP contribution >= 0.6 is 0 Å². The summed E-state index contributed by atoms with van der Waals surface area (Å²) in [5, 5.41) is 26.3. The van der Waals surface area contributed by atoms with Crippen molar-refractivity contribution in [1.82, 2.24) is 50.5 Å². The Morgan fingerprint density at radius 1 is 1.26 bits per heavy atom. The average molecular weight is 577 g/mol. The molecule has 14 nitrogen and oxygen atoms in total. The summed E-state index contributed by atoms with van der Waals surface area (Å²) in [4.78, 5) is 29.1. The Morgan fingerprint density at radius 2 is 2.10 bits per heavy atom. The van der Waals surface area contributed by atoms with Crippen molar-refractivity contribution >= 4 is 17.5 Å². The number of aliphatic carboxylic acids is 1. The summed E-state index contributed by atoms with van der Waals surface area (Å²) in [6.45, 7) is 0.199. The first kappa shape index (κ1) is 27.1. The van der Waals surface area contributed by atoms with Crippen molar-refractivity contribution in [1.29, 1.82) is 0 Å². The number of amides is 1. The van der Waals surface area contributed by atoms with E-state index in [1.165, 1.54) is 29.7 Å². The zero-order valence-corrected chi connectivity index (χ0v) is 23.0. The van der Waals surface area contributed by atoms with Crippen molar-refractivity contribution in [2.24, 2.45) is 0 Å². The molecule has 3 N–H and O–H groups in total. The second-order valence-corrected chi connectivity index (χ2v) is 10.2. The smallest absolute Gasteiger partial charge is 0.303 e. The molecule has 1 aliphatic carbocycles. The third-order valence-corrected chi connectivity index (χ3v) is 7.26. The summed E-state index contributed by atoms with van der Waals surface area (Å²) in [5.41, 5.74) is 7.50. The molecule has 1 amide bonds. The second-order valence-electron chi connectivity index (χ2n) is 10.2. The van der Waals surface area contributed by atoms with Crippen LogP contribution in [0.25, 0.3) is 11.3 Å². The molecule has 1 aliphatic heterocycles. The number of methoxy groups -OCH3 is 1. The number of rotatable bonds is 11. The van der Waals surface area contributed by atoms with E-state index in [0.29, 0.717) is 30.3 Å². The van der Waals surface area contributed by atoms with E-state index in [-0.39, 0.29) is 24.3 Å². The lowest BCUT2D eigenvalue weighted by atomic mass is 10.1. The van der Waals surface area contributed by atoms with Gasteiger partial charge >= 0.3 is 5.97 Å². The number of hydrazine groups is 2. The zero-order valence-electron chi connectivity index (χ0n) is 23.0. The Hall–Kier alpha value is -5.05. The molecule has 1 fully saturated rings. The highest BCUT2D eigenvalue weighted by Crippen LogP contribution is 2.40. The highest BCUT2D eigenvalue weighted by atomic mass is 19.1. The maximum absolute atomic E-state index is 15.2. The number of carboxylic acids is 1. The van der Waals surface area contributed by atoms with Gasteiger partial charge < -0.3 is 19.6 Å². The third-order valence-electron chi connectivity index (χ3n) is 7.26. The normalized spacial score (nSPS) is 14.9. The van der Waals surface area contributed by atoms with E-state index in [2.05, 4.69) is 38.6 Å². The molecule has 4 heterocycles. The highest BCUT2D eigenvalue weighted by Gasteiger charge is 2.27. The number of pyridine rings is 1. The molecule has 218 valence electrons. The Bertz CT molecular complexity index is 1680. The predicted octanol–water partition coefficient (Wildman–Crippen LogP) is 1.68. The van der Waals surface area contributed by atoms with Gasteiger partial charge in [0.15, 0.2) is 11.6 Å². The van der Waals surface area contributed by atoms with Gasteiger partial charge in [-0.05, 0) is 58.9 Å². The van der Waals surface area contributed by atoms with Crippen molar-refractivity contribution in [2.75, 3.05) is 14.2 Å². The number of carboxylic acid groups (broad SMARTS) is 1. The molecule has 2 aliphatic rings. The average Bonchev–Trinajstić information content (AvgIpc) is 3.33. The van der Waals surface area contributed by atoms with Gasteiger partial charge in [-0.25, -0.2) is 14.1 Å². The van der Waals surface area contributed by atoms with Crippen LogP contribution in [0.5, 0.6) is 5.75 Å². The van der Waals surface area contributed by atoms with Gasteiger partial charge in [0.1, 0.15) is 17.7 Å². The Labute approximate surface area is 239 Å². The van der Waals surface area contributed by atoms with Crippen LogP contribution < -0.4 is 15.6 Å². The number of tetrazole rings is 1. The number of imidazole rings is 1. The minimum atomic E-state index is -0.849. The van der Waals surface area contributed by atoms with Gasteiger partial charge in [0, 0.05) is 44.2 Å². The second kappa shape index (κ2) is 11.1. The summed E-state index contributed by atoms with van der Waals surface area (Å²) in [5.74, 6) is -1.37. The number of fused-ring (bicyclic) bond motifs is 1. The van der Waals surface area contributed by atoms with Crippen molar-refractivity contribution in [2.45, 2.75) is 44.7 Å². The van der Waals surface area contributed by atoms with Crippen LogP contribution in [0.3, 0.4) is 0 Å². The Morgan fingerprint density at radius 3 is 2.81 bits per heavy atom. The quantitative estimate of drug-likeness (QED) is 0.239. The number of halogens is 1. The predicted molar refractivity (Wildman–Crippen MR) is 145 cm³/mol. The third kappa shape index (κ3) is 5.45. The molecular formula is C27H29FN10O4. The SMILES string of the molecule is COc1ccc(-n2cnnn2)c(CNC(=O)C2=CN(Cc3cn4cc(C5CC5)cc(CCC(=O)O)c4n3)NN2C)c1F. The van der Waals surface area contributed by atoms with Crippen LogP contribution in [0.2, 0.25) is 0 Å². The minimum absolute atomic E-state index is 0.0303. The maximum atomic E-state index is 15.2. The summed E-state index contributed by atoms with van der Waals surface area (Å²) >= 11 is 0. The number of carbonyl (C=O) groups excluding carboxylic acids is 1. The van der Waals surface area contributed by atoms with Crippen LogP contribution in [0.4, 0.5) is 4.39 Å². The van der Waals surface area contributed by atoms with Crippen molar-refractivity contribution < 1.29 is 23.8 Å². The van der Waals surface area contributed by atoms with Gasteiger partial charge in [-0.1, -0.05) is 6.07 Å². The summed E-state index contributed by atoms with van der Waals surface area (Å²) in [6, 6.07) is 5.15. The molecular weight excluding hydrogens is 547 g/mol. The standard InChI is InChI=1S/C27H29FN10O4/c1-35-22(27(41)29-10-20-21(38-15-30-32-33-38)6-7-23(42-2)25(20)28)14-37(34-35)13-19-12-36-11-18(16-3-4-16)9-17(26(36)31-19)5-8-24(39)40/h6-7,9,11-12,14-16,34H,3-5,8,10,13H2,1-2H3,(H,29,41)(H,39,40). The molecule has 4 aromatic rings. The van der Waals surface area contributed by atoms with E-state index < -0.39 is 17.7 Å².